The second-order valence-corrected chi connectivity index (χ2v) is 16.2. The summed E-state index contributed by atoms with van der Waals surface area (Å²) in [5.41, 5.74) is 2.47. The Morgan fingerprint density at radius 1 is 1.25 bits per heavy atom. The molecule has 1 fully saturated rings. The normalized spacial score (nSPS) is 16.2. The zero-order chi connectivity index (χ0) is 25.9. The first-order chi connectivity index (χ1) is 17.2. The monoisotopic (exact) mass is 531 g/mol. The average Bonchev–Trinajstić information content (AvgIpc) is 3.38. The van der Waals surface area contributed by atoms with E-state index >= 15 is 0 Å². The van der Waals surface area contributed by atoms with Gasteiger partial charge in [0.1, 0.15) is 24.1 Å². The number of amides is 1. The first kappa shape index (κ1) is 26.4. The number of halogens is 2. The highest BCUT2D eigenvalue weighted by atomic mass is 35.5. The van der Waals surface area contributed by atoms with Gasteiger partial charge in [0.05, 0.1) is 24.0 Å². The van der Waals surface area contributed by atoms with Gasteiger partial charge in [0, 0.05) is 38.3 Å². The number of aliphatic hydroxyl groups excluding tert-OH is 1. The fourth-order valence-corrected chi connectivity index (χ4v) is 5.18. The molecule has 3 heterocycles. The van der Waals surface area contributed by atoms with Crippen LogP contribution >= 0.6 is 11.6 Å². The number of ether oxygens (including phenoxy) is 1. The molecule has 1 aliphatic rings. The Kier molecular flexibility index (Phi) is 8.19. The Balaban J connectivity index is 1.62. The molecule has 0 radical (unpaired) electrons. The minimum Gasteiger partial charge on any atom is -0.391 e. The number of hydrogen-bond acceptors (Lipinski definition) is 6. The van der Waals surface area contributed by atoms with Crippen LogP contribution in [0, 0.1) is 11.7 Å². The lowest BCUT2D eigenvalue weighted by Crippen LogP contribution is -2.31. The average molecular weight is 532 g/mol. The SMILES string of the molecule is C[Si](C)(C)CCOCn1nc(-c2ccnnc2)c(CO)c1N1CCC(Cc2ccc(Cl)c(F)c2)C1=O. The molecule has 1 aliphatic heterocycles. The van der Waals surface area contributed by atoms with Gasteiger partial charge in [-0.25, -0.2) is 9.07 Å². The van der Waals surface area contributed by atoms with Crippen molar-refractivity contribution < 1.29 is 19.0 Å². The predicted octanol–water partition coefficient (Wildman–Crippen LogP) is 4.53. The van der Waals surface area contributed by atoms with E-state index in [1.807, 2.05) is 0 Å². The van der Waals surface area contributed by atoms with Gasteiger partial charge in [0.15, 0.2) is 0 Å². The van der Waals surface area contributed by atoms with Crippen molar-refractivity contribution in [1.29, 1.82) is 0 Å². The van der Waals surface area contributed by atoms with Crippen LogP contribution in [0.15, 0.2) is 36.7 Å². The topological polar surface area (TPSA) is 93.4 Å². The summed E-state index contributed by atoms with van der Waals surface area (Å²) in [6, 6.07) is 7.39. The Morgan fingerprint density at radius 3 is 2.72 bits per heavy atom. The summed E-state index contributed by atoms with van der Waals surface area (Å²) >= 11 is 5.81. The van der Waals surface area contributed by atoms with Crippen molar-refractivity contribution in [2.45, 2.75) is 51.9 Å². The van der Waals surface area contributed by atoms with Crippen molar-refractivity contribution in [3.05, 3.63) is 58.6 Å². The smallest absolute Gasteiger partial charge is 0.231 e. The van der Waals surface area contributed by atoms with Crippen LogP contribution in [0.4, 0.5) is 10.2 Å². The molecule has 1 N–H and O–H groups in total. The fourth-order valence-electron chi connectivity index (χ4n) is 4.31. The Morgan fingerprint density at radius 2 is 2.06 bits per heavy atom. The molecule has 0 bridgehead atoms. The summed E-state index contributed by atoms with van der Waals surface area (Å²) in [6.45, 7) is 7.74. The summed E-state index contributed by atoms with van der Waals surface area (Å²) in [4.78, 5) is 15.2. The first-order valence-corrected chi connectivity index (χ1v) is 16.1. The molecule has 0 spiro atoms. The zero-order valence-corrected chi connectivity index (χ0v) is 22.5. The molecule has 36 heavy (non-hydrogen) atoms. The van der Waals surface area contributed by atoms with Gasteiger partial charge in [-0.3, -0.25) is 9.69 Å². The molecule has 192 valence electrons. The van der Waals surface area contributed by atoms with E-state index in [1.54, 1.807) is 34.1 Å². The highest BCUT2D eigenvalue weighted by molar-refractivity contribution is 6.76. The van der Waals surface area contributed by atoms with Crippen molar-refractivity contribution in [2.75, 3.05) is 18.1 Å². The van der Waals surface area contributed by atoms with Crippen molar-refractivity contribution in [2.24, 2.45) is 5.92 Å². The van der Waals surface area contributed by atoms with E-state index in [-0.39, 0.29) is 30.2 Å². The Labute approximate surface area is 216 Å². The number of anilines is 1. The molecule has 0 saturated carbocycles. The van der Waals surface area contributed by atoms with Crippen LogP contribution in [0.25, 0.3) is 11.3 Å². The van der Waals surface area contributed by atoms with E-state index < -0.39 is 13.9 Å². The lowest BCUT2D eigenvalue weighted by atomic mass is 9.98. The van der Waals surface area contributed by atoms with Gasteiger partial charge in [-0.15, -0.1) is 0 Å². The number of carbonyl (C=O) groups is 1. The Bertz CT molecular complexity index is 1220. The number of aromatic nitrogens is 4. The maximum absolute atomic E-state index is 13.9. The molecule has 1 saturated heterocycles. The fraction of sp³-hybridized carbons (Fsp3) is 0.440. The molecule has 1 aromatic carbocycles. The van der Waals surface area contributed by atoms with E-state index in [4.69, 9.17) is 21.4 Å². The van der Waals surface area contributed by atoms with E-state index in [9.17, 15) is 14.3 Å². The van der Waals surface area contributed by atoms with Gasteiger partial charge in [-0.1, -0.05) is 37.3 Å². The number of rotatable bonds is 10. The second kappa shape index (κ2) is 11.2. The summed E-state index contributed by atoms with van der Waals surface area (Å²) in [6.07, 6.45) is 4.13. The molecule has 1 amide bonds. The first-order valence-electron chi connectivity index (χ1n) is 12.0. The lowest BCUT2D eigenvalue weighted by molar-refractivity contribution is -0.120. The van der Waals surface area contributed by atoms with Crippen LogP contribution in [0.2, 0.25) is 30.7 Å². The molecule has 0 aliphatic carbocycles. The van der Waals surface area contributed by atoms with Crippen molar-refractivity contribution in [3.63, 3.8) is 0 Å². The molecule has 1 unspecified atom stereocenters. The summed E-state index contributed by atoms with van der Waals surface area (Å²) in [5.74, 6) is -0.391. The van der Waals surface area contributed by atoms with Gasteiger partial charge < -0.3 is 9.84 Å². The zero-order valence-electron chi connectivity index (χ0n) is 20.7. The third kappa shape index (κ3) is 6.00. The molecule has 11 heteroatoms. The number of nitrogens with zero attached hydrogens (tertiary/aromatic N) is 5. The molecule has 3 aromatic rings. The minimum absolute atomic E-state index is 0.0573. The van der Waals surface area contributed by atoms with E-state index in [2.05, 4.69) is 29.8 Å². The molecular weight excluding hydrogens is 501 g/mol. The van der Waals surface area contributed by atoms with Gasteiger partial charge in [-0.2, -0.15) is 15.3 Å². The van der Waals surface area contributed by atoms with Crippen LogP contribution < -0.4 is 4.90 Å². The highest BCUT2D eigenvalue weighted by Crippen LogP contribution is 2.35. The van der Waals surface area contributed by atoms with Gasteiger partial charge in [0.2, 0.25) is 5.91 Å². The van der Waals surface area contributed by atoms with E-state index in [1.165, 1.54) is 12.1 Å². The molecule has 8 nitrogen and oxygen atoms in total. The van der Waals surface area contributed by atoms with Crippen LogP contribution in [0.1, 0.15) is 17.5 Å². The molecular formula is C25H31ClFN5O3Si. The van der Waals surface area contributed by atoms with Gasteiger partial charge in [-0.05, 0) is 42.6 Å². The van der Waals surface area contributed by atoms with Crippen molar-refractivity contribution in [1.82, 2.24) is 20.0 Å². The maximum atomic E-state index is 13.9. The third-order valence-corrected chi connectivity index (χ3v) is 8.30. The summed E-state index contributed by atoms with van der Waals surface area (Å²) < 4.78 is 21.5. The number of hydrogen-bond donors (Lipinski definition) is 1. The number of aliphatic hydroxyl groups is 1. The second-order valence-electron chi connectivity index (χ2n) is 10.2. The number of benzene rings is 1. The number of carbonyl (C=O) groups excluding carboxylic acids is 1. The summed E-state index contributed by atoms with van der Waals surface area (Å²) in [7, 11) is -1.27. The predicted molar refractivity (Wildman–Crippen MR) is 139 cm³/mol. The third-order valence-electron chi connectivity index (χ3n) is 6.28. The van der Waals surface area contributed by atoms with E-state index in [0.29, 0.717) is 54.2 Å². The van der Waals surface area contributed by atoms with Crippen LogP contribution in [-0.2, 0) is 29.3 Å². The van der Waals surface area contributed by atoms with Crippen LogP contribution in [-0.4, -0.2) is 52.2 Å². The largest absolute Gasteiger partial charge is 0.391 e. The van der Waals surface area contributed by atoms with Crippen molar-refractivity contribution >= 4 is 31.4 Å². The Hall–Kier alpha value is -2.66. The standard InChI is InChI=1S/C25H31ClFN5O3Si/c1-36(2,3)11-10-35-16-32-24(20(15-33)23(30-32)19-6-8-28-29-14-19)31-9-7-18(25(31)34)12-17-4-5-21(26)22(27)13-17/h4-6,8,13-14,18,33H,7,9-12,15-16H2,1-3H3. The minimum atomic E-state index is -1.27. The molecule has 1 atom stereocenters. The van der Waals surface area contributed by atoms with Gasteiger partial charge in [0.25, 0.3) is 0 Å². The van der Waals surface area contributed by atoms with Gasteiger partial charge >= 0.3 is 0 Å². The lowest BCUT2D eigenvalue weighted by Gasteiger charge is -2.21. The molecule has 4 rings (SSSR count). The quantitative estimate of drug-likeness (QED) is 0.305. The van der Waals surface area contributed by atoms with E-state index in [0.717, 1.165) is 6.04 Å². The van der Waals surface area contributed by atoms with Crippen LogP contribution in [0.5, 0.6) is 0 Å². The van der Waals surface area contributed by atoms with Crippen LogP contribution in [0.3, 0.4) is 0 Å². The van der Waals surface area contributed by atoms with Crippen molar-refractivity contribution in [3.8, 4) is 11.3 Å². The molecule has 2 aromatic heterocycles. The highest BCUT2D eigenvalue weighted by Gasteiger charge is 2.37. The maximum Gasteiger partial charge on any atom is 0.231 e. The summed E-state index contributed by atoms with van der Waals surface area (Å²) in [5, 5.41) is 22.9.